The largest absolute Gasteiger partial charge is 0.495 e. The zero-order valence-corrected chi connectivity index (χ0v) is 23.8. The zero-order chi connectivity index (χ0) is 27.6. The lowest BCUT2D eigenvalue weighted by atomic mass is 9.79. The highest BCUT2D eigenvalue weighted by molar-refractivity contribution is 5.95. The summed E-state index contributed by atoms with van der Waals surface area (Å²) >= 11 is 0. The van der Waals surface area contributed by atoms with Crippen LogP contribution in [-0.2, 0) is 4.79 Å². The van der Waals surface area contributed by atoms with E-state index in [1.54, 1.807) is 7.11 Å². The molecule has 0 atom stereocenters. The number of aryl methyl sites for hydroxylation is 1. The van der Waals surface area contributed by atoms with Crippen LogP contribution in [0.4, 0.5) is 5.69 Å². The molecule has 2 aromatic heterocycles. The molecule has 0 spiro atoms. The lowest BCUT2D eigenvalue weighted by Crippen LogP contribution is -2.41. The van der Waals surface area contributed by atoms with E-state index in [-0.39, 0.29) is 17.9 Å². The van der Waals surface area contributed by atoms with Crippen molar-refractivity contribution in [3.8, 4) is 16.9 Å². The van der Waals surface area contributed by atoms with Gasteiger partial charge in [0, 0.05) is 41.5 Å². The Labute approximate surface area is 237 Å². The number of rotatable bonds is 8. The number of aliphatic hydroxyl groups excluding tert-OH is 1. The first-order chi connectivity index (χ1) is 19.5. The molecule has 1 amide bonds. The van der Waals surface area contributed by atoms with Gasteiger partial charge in [-0.05, 0) is 106 Å². The third kappa shape index (κ3) is 5.95. The molecule has 0 unspecified atom stereocenters. The standard InChI is InChI=1S/C33H42N4O3/c1-22-16-31(34-19-32(22)40-2)24-8-6-23(7-9-24)20-36(33(39)25-10-14-30(38)15-11-25)29-5-3-4-26(17-29)27-18-35-37(21-27)28-12-13-28/h3-5,16-19,21,23-25,28,30,38H,6-15,20H2,1-2H3. The second kappa shape index (κ2) is 11.7. The summed E-state index contributed by atoms with van der Waals surface area (Å²) < 4.78 is 7.48. The fraction of sp³-hybridized carbons (Fsp3) is 0.545. The van der Waals surface area contributed by atoms with E-state index in [1.807, 2.05) is 12.4 Å². The number of ether oxygens (including phenoxy) is 1. The van der Waals surface area contributed by atoms with Crippen LogP contribution >= 0.6 is 0 Å². The van der Waals surface area contributed by atoms with Gasteiger partial charge in [0.2, 0.25) is 5.91 Å². The predicted octanol–water partition coefficient (Wildman–Crippen LogP) is 6.46. The first-order valence-corrected chi connectivity index (χ1v) is 15.1. The number of aliphatic hydroxyl groups is 1. The molecule has 3 aliphatic carbocycles. The topological polar surface area (TPSA) is 80.5 Å². The molecule has 212 valence electrons. The third-order valence-corrected chi connectivity index (χ3v) is 9.34. The van der Waals surface area contributed by atoms with Gasteiger partial charge in [-0.15, -0.1) is 0 Å². The Kier molecular flexibility index (Phi) is 7.92. The Bertz CT molecular complexity index is 1320. The fourth-order valence-electron chi connectivity index (χ4n) is 6.65. The van der Waals surface area contributed by atoms with Gasteiger partial charge in [-0.3, -0.25) is 14.5 Å². The summed E-state index contributed by atoms with van der Waals surface area (Å²) in [6.07, 6.45) is 15.4. The monoisotopic (exact) mass is 542 g/mol. The first-order valence-electron chi connectivity index (χ1n) is 15.1. The number of benzene rings is 1. The summed E-state index contributed by atoms with van der Waals surface area (Å²) in [4.78, 5) is 20.8. The molecule has 40 heavy (non-hydrogen) atoms. The Morgan fingerprint density at radius 2 is 1.77 bits per heavy atom. The van der Waals surface area contributed by atoms with E-state index in [0.29, 0.717) is 30.7 Å². The summed E-state index contributed by atoms with van der Waals surface area (Å²) in [5.74, 6) is 1.94. The lowest BCUT2D eigenvalue weighted by Gasteiger charge is -2.35. The molecule has 7 nitrogen and oxygen atoms in total. The van der Waals surface area contributed by atoms with Crippen LogP contribution in [0.5, 0.6) is 5.75 Å². The number of pyridine rings is 1. The van der Waals surface area contributed by atoms with Gasteiger partial charge < -0.3 is 14.7 Å². The number of carbonyl (C=O) groups is 1. The van der Waals surface area contributed by atoms with Crippen molar-refractivity contribution in [1.82, 2.24) is 14.8 Å². The molecule has 1 N–H and O–H groups in total. The zero-order valence-electron chi connectivity index (χ0n) is 23.8. The minimum Gasteiger partial charge on any atom is -0.495 e. The minimum absolute atomic E-state index is 0.0208. The molecule has 2 heterocycles. The normalized spacial score (nSPS) is 25.0. The lowest BCUT2D eigenvalue weighted by molar-refractivity contribution is -0.124. The second-order valence-electron chi connectivity index (χ2n) is 12.2. The average Bonchev–Trinajstić information content (AvgIpc) is 3.72. The van der Waals surface area contributed by atoms with Gasteiger partial charge in [0.05, 0.1) is 31.6 Å². The summed E-state index contributed by atoms with van der Waals surface area (Å²) in [6, 6.07) is 11.2. The Morgan fingerprint density at radius 1 is 1.00 bits per heavy atom. The molecule has 0 radical (unpaired) electrons. The van der Waals surface area contributed by atoms with Crippen LogP contribution in [-0.4, -0.2) is 45.5 Å². The maximum Gasteiger partial charge on any atom is 0.230 e. The number of aromatic nitrogens is 3. The molecule has 0 saturated heterocycles. The summed E-state index contributed by atoms with van der Waals surface area (Å²) in [6.45, 7) is 2.82. The molecular formula is C33H42N4O3. The van der Waals surface area contributed by atoms with Crippen LogP contribution in [0.15, 0.2) is 48.9 Å². The molecule has 1 aromatic carbocycles. The summed E-state index contributed by atoms with van der Waals surface area (Å²) in [7, 11) is 1.69. The van der Waals surface area contributed by atoms with Crippen molar-refractivity contribution in [2.75, 3.05) is 18.6 Å². The maximum atomic E-state index is 14.0. The van der Waals surface area contributed by atoms with E-state index in [1.165, 1.54) is 12.8 Å². The molecule has 0 aliphatic heterocycles. The van der Waals surface area contributed by atoms with E-state index < -0.39 is 0 Å². The molecule has 6 rings (SSSR count). The van der Waals surface area contributed by atoms with Crippen molar-refractivity contribution in [3.05, 3.63) is 60.2 Å². The molecule has 7 heteroatoms. The number of anilines is 1. The summed E-state index contributed by atoms with van der Waals surface area (Å²) in [5, 5.41) is 14.6. The molecule has 3 saturated carbocycles. The smallest absolute Gasteiger partial charge is 0.230 e. The molecular weight excluding hydrogens is 500 g/mol. The van der Waals surface area contributed by atoms with Gasteiger partial charge in [0.15, 0.2) is 0 Å². The number of nitrogens with zero attached hydrogens (tertiary/aromatic N) is 4. The van der Waals surface area contributed by atoms with Crippen molar-refractivity contribution >= 4 is 11.6 Å². The van der Waals surface area contributed by atoms with Crippen molar-refractivity contribution in [1.29, 1.82) is 0 Å². The van der Waals surface area contributed by atoms with Crippen LogP contribution in [0.3, 0.4) is 0 Å². The van der Waals surface area contributed by atoms with Crippen LogP contribution in [0.2, 0.25) is 0 Å². The highest BCUT2D eigenvalue weighted by Gasteiger charge is 2.33. The van der Waals surface area contributed by atoms with E-state index in [0.717, 1.165) is 78.9 Å². The average molecular weight is 543 g/mol. The van der Waals surface area contributed by atoms with Crippen LogP contribution in [0.25, 0.3) is 11.1 Å². The number of amides is 1. The molecule has 3 aromatic rings. The van der Waals surface area contributed by atoms with Crippen molar-refractivity contribution < 1.29 is 14.6 Å². The second-order valence-corrected chi connectivity index (χ2v) is 12.2. The number of hydrogen-bond donors (Lipinski definition) is 1. The Morgan fingerprint density at radius 3 is 2.48 bits per heavy atom. The SMILES string of the molecule is COc1cnc(C2CCC(CN(C(=O)C3CCC(O)CC3)c3cccc(-c4cnn(C5CC5)c4)c3)CC2)cc1C. The van der Waals surface area contributed by atoms with Crippen molar-refractivity contribution in [2.45, 2.75) is 89.2 Å². The number of carbonyl (C=O) groups excluding carboxylic acids is 1. The van der Waals surface area contributed by atoms with E-state index in [2.05, 4.69) is 58.1 Å². The fourth-order valence-corrected chi connectivity index (χ4v) is 6.65. The Balaban J connectivity index is 1.19. The molecule has 3 fully saturated rings. The van der Waals surface area contributed by atoms with Crippen molar-refractivity contribution in [2.24, 2.45) is 11.8 Å². The Hall–Kier alpha value is -3.19. The van der Waals surface area contributed by atoms with E-state index in [4.69, 9.17) is 9.72 Å². The van der Waals surface area contributed by atoms with Crippen LogP contribution in [0, 0.1) is 18.8 Å². The molecule has 3 aliphatic rings. The quantitative estimate of drug-likeness (QED) is 0.354. The van der Waals surface area contributed by atoms with Gasteiger partial charge in [0.1, 0.15) is 5.75 Å². The number of methoxy groups -OCH3 is 1. The van der Waals surface area contributed by atoms with Gasteiger partial charge in [0.25, 0.3) is 0 Å². The van der Waals surface area contributed by atoms with Gasteiger partial charge in [-0.2, -0.15) is 5.10 Å². The first kappa shape index (κ1) is 27.0. The van der Waals surface area contributed by atoms with Gasteiger partial charge in [-0.25, -0.2) is 0 Å². The van der Waals surface area contributed by atoms with E-state index >= 15 is 0 Å². The van der Waals surface area contributed by atoms with Crippen LogP contribution < -0.4 is 9.64 Å². The predicted molar refractivity (Wildman–Crippen MR) is 156 cm³/mol. The maximum absolute atomic E-state index is 14.0. The van der Waals surface area contributed by atoms with Crippen LogP contribution in [0.1, 0.15) is 87.4 Å². The summed E-state index contributed by atoms with van der Waals surface area (Å²) in [5.41, 5.74) is 5.47. The van der Waals surface area contributed by atoms with Gasteiger partial charge in [-0.1, -0.05) is 12.1 Å². The minimum atomic E-state index is -0.269. The molecule has 0 bridgehead atoms. The highest BCUT2D eigenvalue weighted by Crippen LogP contribution is 2.39. The van der Waals surface area contributed by atoms with Crippen molar-refractivity contribution in [3.63, 3.8) is 0 Å². The number of hydrogen-bond acceptors (Lipinski definition) is 5. The van der Waals surface area contributed by atoms with E-state index in [9.17, 15) is 9.90 Å². The van der Waals surface area contributed by atoms with Gasteiger partial charge >= 0.3 is 0 Å². The highest BCUT2D eigenvalue weighted by atomic mass is 16.5. The third-order valence-electron chi connectivity index (χ3n) is 9.34.